The van der Waals surface area contributed by atoms with Crippen LogP contribution < -0.4 is 0 Å². The number of halogens is 1. The monoisotopic (exact) mass is 261 g/mol. The van der Waals surface area contributed by atoms with Gasteiger partial charge in [0.25, 0.3) is 0 Å². The Balaban J connectivity index is 2.44. The molecular weight excluding hydrogens is 253 g/mol. The lowest BCUT2D eigenvalue weighted by atomic mass is 9.69. The lowest BCUT2D eigenvalue weighted by molar-refractivity contribution is -0.791. The van der Waals surface area contributed by atoms with Crippen molar-refractivity contribution in [2.24, 2.45) is 0 Å². The number of nitrogens with zero attached hydrogens (tertiary/aromatic N) is 1. The molecule has 0 radical (unpaired) electrons. The fourth-order valence-electron chi connectivity index (χ4n) is 2.01. The Morgan fingerprint density at radius 1 is 1.36 bits per heavy atom. The zero-order chi connectivity index (χ0) is 10.4. The van der Waals surface area contributed by atoms with Gasteiger partial charge in [0, 0.05) is 7.05 Å². The van der Waals surface area contributed by atoms with Gasteiger partial charge in [-0.15, -0.1) is 0 Å². The second kappa shape index (κ2) is 2.84. The molecule has 0 aromatic carbocycles. The maximum Gasteiger partial charge on any atom is 0.608 e. The van der Waals surface area contributed by atoms with Gasteiger partial charge in [0.2, 0.25) is 0 Å². The van der Waals surface area contributed by atoms with Crippen molar-refractivity contribution in [1.29, 1.82) is 0 Å². The topological polar surface area (TPSA) is 52.6 Å². The molecule has 0 amide bonds. The molecule has 0 spiro atoms. The number of fused-ring (bicyclic) bond motifs is 1. The molecule has 0 unspecified atom stereocenters. The van der Waals surface area contributed by atoms with Crippen LogP contribution in [0, 0.1) is 0 Å². The number of carbonyl (C=O) groups is 2. The largest absolute Gasteiger partial charge is 0.608 e. The summed E-state index contributed by atoms with van der Waals surface area (Å²) in [7, 11) is 1.78. The van der Waals surface area contributed by atoms with Gasteiger partial charge >= 0.3 is 18.6 Å². The van der Waals surface area contributed by atoms with Crippen LogP contribution in [0.15, 0.2) is 11.0 Å². The molecule has 7 heteroatoms. The van der Waals surface area contributed by atoms with E-state index in [4.69, 9.17) is 9.31 Å². The van der Waals surface area contributed by atoms with Crippen molar-refractivity contribution >= 4 is 34.6 Å². The summed E-state index contributed by atoms with van der Waals surface area (Å²) < 4.78 is 10.4. The molecule has 0 bridgehead atoms. The standard InChI is InChI=1S/C7H9BBrNO4/c1-10-4-6(11)13-8(10,2-3-9)14-7(12)5-10/h2-3H,4-5H2,1H3. The van der Waals surface area contributed by atoms with Crippen molar-refractivity contribution < 1.29 is 23.3 Å². The summed E-state index contributed by atoms with van der Waals surface area (Å²) in [4.78, 5) is 23.9. The number of likely N-dealkylation sites (N-methyl/N-ethyl adjacent to an activating group) is 1. The lowest BCUT2D eigenvalue weighted by Gasteiger charge is -2.37. The van der Waals surface area contributed by atoms with Crippen LogP contribution in [0.5, 0.6) is 0 Å². The maximum atomic E-state index is 11.2. The molecule has 2 fully saturated rings. The molecule has 5 nitrogen and oxygen atoms in total. The van der Waals surface area contributed by atoms with E-state index >= 15 is 0 Å². The van der Waals surface area contributed by atoms with Crippen molar-refractivity contribution in [2.75, 3.05) is 20.1 Å². The van der Waals surface area contributed by atoms with Crippen molar-refractivity contribution in [3.8, 4) is 0 Å². The second-order valence-corrected chi connectivity index (χ2v) is 4.35. The van der Waals surface area contributed by atoms with Gasteiger partial charge in [0.15, 0.2) is 0 Å². The molecule has 0 aliphatic carbocycles. The van der Waals surface area contributed by atoms with Gasteiger partial charge < -0.3 is 13.7 Å². The minimum absolute atomic E-state index is 0.184. The predicted octanol–water partition coefficient (Wildman–Crippen LogP) is -0.0667. The van der Waals surface area contributed by atoms with Crippen molar-refractivity contribution in [2.45, 2.75) is 0 Å². The Labute approximate surface area is 89.4 Å². The Hall–Kier alpha value is -0.815. The molecule has 0 saturated carbocycles. The predicted molar refractivity (Wildman–Crippen MR) is 51.9 cm³/mol. The van der Waals surface area contributed by atoms with Crippen LogP contribution in [0.3, 0.4) is 0 Å². The third kappa shape index (κ3) is 1.12. The molecule has 2 heterocycles. The van der Waals surface area contributed by atoms with Crippen molar-refractivity contribution in [3.05, 3.63) is 11.0 Å². The molecule has 0 N–H and O–H groups in total. The summed E-state index contributed by atoms with van der Waals surface area (Å²) in [5.41, 5.74) is 0. The van der Waals surface area contributed by atoms with Crippen molar-refractivity contribution in [3.63, 3.8) is 0 Å². The first-order valence-electron chi connectivity index (χ1n) is 4.22. The van der Waals surface area contributed by atoms with E-state index < -0.39 is 6.69 Å². The van der Waals surface area contributed by atoms with Crippen LogP contribution >= 0.6 is 15.9 Å². The average Bonchev–Trinajstić information content (AvgIpc) is 2.33. The zero-order valence-electron chi connectivity index (χ0n) is 7.60. The number of hydrogen-bond acceptors (Lipinski definition) is 4. The zero-order valence-corrected chi connectivity index (χ0v) is 9.19. The van der Waals surface area contributed by atoms with Crippen LogP contribution in [-0.4, -0.2) is 43.2 Å². The number of quaternary nitrogens is 1. The summed E-state index contributed by atoms with van der Waals surface area (Å²) in [6.07, 6.45) is 0. The van der Waals surface area contributed by atoms with E-state index in [1.807, 2.05) is 0 Å². The molecule has 14 heavy (non-hydrogen) atoms. The Kier molecular flexibility index (Phi) is 1.97. The van der Waals surface area contributed by atoms with E-state index in [1.54, 1.807) is 18.0 Å². The van der Waals surface area contributed by atoms with E-state index in [9.17, 15) is 9.59 Å². The molecule has 0 aromatic heterocycles. The van der Waals surface area contributed by atoms with Gasteiger partial charge in [-0.05, 0) is 4.99 Å². The van der Waals surface area contributed by atoms with Crippen LogP contribution in [0.2, 0.25) is 0 Å². The Bertz CT molecular complexity index is 323. The minimum Gasteiger partial charge on any atom is -0.596 e. The first-order chi connectivity index (χ1) is 6.51. The summed E-state index contributed by atoms with van der Waals surface area (Å²) in [5.74, 6) is 0.937. The smallest absolute Gasteiger partial charge is 0.596 e. The Morgan fingerprint density at radius 2 is 1.86 bits per heavy atom. The first-order valence-corrected chi connectivity index (χ1v) is 5.13. The normalized spacial score (nSPS) is 41.3. The highest BCUT2D eigenvalue weighted by Gasteiger charge is 2.63. The van der Waals surface area contributed by atoms with Gasteiger partial charge in [-0.1, -0.05) is 21.9 Å². The average molecular weight is 262 g/mol. The molecular formula is C7H9BBrNO4. The summed E-state index contributed by atoms with van der Waals surface area (Å²) in [6.45, 7) is -1.60. The summed E-state index contributed by atoms with van der Waals surface area (Å²) >= 11 is 3.10. The van der Waals surface area contributed by atoms with Crippen molar-refractivity contribution in [1.82, 2.24) is 0 Å². The number of rotatable bonds is 1. The van der Waals surface area contributed by atoms with Crippen LogP contribution in [-0.2, 0) is 18.9 Å². The molecule has 0 aromatic rings. The van der Waals surface area contributed by atoms with E-state index in [0.717, 1.165) is 0 Å². The third-order valence-electron chi connectivity index (χ3n) is 2.77. The summed E-state index contributed by atoms with van der Waals surface area (Å²) in [5, 5.41) is 0. The first kappa shape index (κ1) is 9.73. The van der Waals surface area contributed by atoms with Gasteiger partial charge in [-0.3, -0.25) is 9.59 Å². The quantitative estimate of drug-likeness (QED) is 0.621. The maximum absolute atomic E-state index is 11.2. The van der Waals surface area contributed by atoms with Crippen LogP contribution in [0.4, 0.5) is 0 Å². The second-order valence-electron chi connectivity index (χ2n) is 3.82. The molecule has 0 atom stereocenters. The minimum atomic E-state index is -1.97. The molecule has 2 saturated heterocycles. The Morgan fingerprint density at radius 3 is 2.29 bits per heavy atom. The molecule has 2 rings (SSSR count). The fraction of sp³-hybridized carbons (Fsp3) is 0.429. The van der Waals surface area contributed by atoms with Crippen LogP contribution in [0.1, 0.15) is 0 Å². The van der Waals surface area contributed by atoms with Gasteiger partial charge in [-0.25, -0.2) is 0 Å². The third-order valence-corrected chi connectivity index (χ3v) is 3.07. The van der Waals surface area contributed by atoms with Crippen LogP contribution in [0.25, 0.3) is 0 Å². The highest BCUT2D eigenvalue weighted by Crippen LogP contribution is 2.34. The number of hydrogen-bond donors (Lipinski definition) is 0. The number of carbonyl (C=O) groups excluding carboxylic acids is 2. The molecule has 76 valence electrons. The fourth-order valence-corrected chi connectivity index (χ4v) is 2.39. The van der Waals surface area contributed by atoms with Gasteiger partial charge in [0.1, 0.15) is 13.1 Å². The summed E-state index contributed by atoms with van der Waals surface area (Å²) in [6, 6.07) is 0. The van der Waals surface area contributed by atoms with Gasteiger partial charge in [0.05, 0.1) is 0 Å². The van der Waals surface area contributed by atoms with Gasteiger partial charge in [-0.2, -0.15) is 0 Å². The van der Waals surface area contributed by atoms with E-state index in [-0.39, 0.29) is 29.4 Å². The SMILES string of the molecule is C[N+]12CC(=O)O[B-]1(C=CBr)OC(=O)C2. The highest BCUT2D eigenvalue weighted by atomic mass is 79.9. The van der Waals surface area contributed by atoms with E-state index in [0.29, 0.717) is 0 Å². The molecule has 2 aliphatic rings. The van der Waals surface area contributed by atoms with E-state index in [1.165, 1.54) is 0 Å². The van der Waals surface area contributed by atoms with E-state index in [2.05, 4.69) is 15.9 Å². The highest BCUT2D eigenvalue weighted by molar-refractivity contribution is 9.11. The lowest BCUT2D eigenvalue weighted by Crippen LogP contribution is -2.58. The molecule has 2 aliphatic heterocycles.